The summed E-state index contributed by atoms with van der Waals surface area (Å²) in [5, 5.41) is 13.7. The summed E-state index contributed by atoms with van der Waals surface area (Å²) in [5.74, 6) is -0.193. The predicted octanol–water partition coefficient (Wildman–Crippen LogP) is 3.20. The number of halogens is 1. The molecular weight excluding hydrogens is 261 g/mol. The van der Waals surface area contributed by atoms with Crippen molar-refractivity contribution in [3.8, 4) is 0 Å². The standard InChI is InChI=1S/C15H22FNOS/c1-11(2)17-15(10-18)8-7-14(9-15)19-13-5-3-12(16)4-6-13/h3-6,11,14,17-18H,7-10H2,1-2H3. The quantitative estimate of drug-likeness (QED) is 0.870. The van der Waals surface area contributed by atoms with Gasteiger partial charge in [0.05, 0.1) is 6.61 Å². The van der Waals surface area contributed by atoms with Crippen molar-refractivity contribution in [2.45, 2.75) is 54.8 Å². The molecule has 1 fully saturated rings. The van der Waals surface area contributed by atoms with Crippen LogP contribution in [0.15, 0.2) is 29.2 Å². The van der Waals surface area contributed by atoms with Crippen LogP contribution < -0.4 is 5.32 Å². The van der Waals surface area contributed by atoms with Gasteiger partial charge in [0.25, 0.3) is 0 Å². The third-order valence-electron chi connectivity index (χ3n) is 3.58. The first-order chi connectivity index (χ1) is 9.03. The van der Waals surface area contributed by atoms with Crippen molar-refractivity contribution in [1.82, 2.24) is 5.32 Å². The van der Waals surface area contributed by atoms with E-state index in [4.69, 9.17) is 0 Å². The van der Waals surface area contributed by atoms with Crippen molar-refractivity contribution in [1.29, 1.82) is 0 Å². The van der Waals surface area contributed by atoms with E-state index in [0.29, 0.717) is 11.3 Å². The Morgan fingerprint density at radius 3 is 2.68 bits per heavy atom. The molecule has 0 radical (unpaired) electrons. The molecule has 0 heterocycles. The Bertz CT molecular complexity index is 409. The smallest absolute Gasteiger partial charge is 0.123 e. The Morgan fingerprint density at radius 1 is 1.42 bits per heavy atom. The van der Waals surface area contributed by atoms with E-state index in [1.54, 1.807) is 11.8 Å². The first-order valence-corrected chi connectivity index (χ1v) is 7.72. The number of thioether (sulfide) groups is 1. The average molecular weight is 283 g/mol. The zero-order chi connectivity index (χ0) is 13.9. The molecule has 0 bridgehead atoms. The van der Waals surface area contributed by atoms with Crippen molar-refractivity contribution in [3.05, 3.63) is 30.1 Å². The normalized spacial score (nSPS) is 27.1. The van der Waals surface area contributed by atoms with E-state index in [9.17, 15) is 9.50 Å². The number of aliphatic hydroxyl groups excluding tert-OH is 1. The third-order valence-corrected chi connectivity index (χ3v) is 4.86. The summed E-state index contributed by atoms with van der Waals surface area (Å²) in [4.78, 5) is 1.10. The Morgan fingerprint density at radius 2 is 2.11 bits per heavy atom. The molecule has 0 aliphatic heterocycles. The van der Waals surface area contributed by atoms with Crippen LogP contribution in [0.2, 0.25) is 0 Å². The number of rotatable bonds is 5. The van der Waals surface area contributed by atoms with Crippen molar-refractivity contribution in [3.63, 3.8) is 0 Å². The highest BCUT2D eigenvalue weighted by Crippen LogP contribution is 2.40. The minimum Gasteiger partial charge on any atom is -0.394 e. The fraction of sp³-hybridized carbons (Fsp3) is 0.600. The highest BCUT2D eigenvalue weighted by Gasteiger charge is 2.39. The SMILES string of the molecule is CC(C)NC1(CO)CCC(Sc2ccc(F)cc2)C1. The van der Waals surface area contributed by atoms with Gasteiger partial charge in [-0.2, -0.15) is 0 Å². The first-order valence-electron chi connectivity index (χ1n) is 6.84. The summed E-state index contributed by atoms with van der Waals surface area (Å²) in [6.07, 6.45) is 3.05. The molecule has 2 N–H and O–H groups in total. The third kappa shape index (κ3) is 3.94. The second kappa shape index (κ2) is 6.25. The van der Waals surface area contributed by atoms with Crippen molar-refractivity contribution in [2.75, 3.05) is 6.61 Å². The fourth-order valence-electron chi connectivity index (χ4n) is 2.82. The summed E-state index contributed by atoms with van der Waals surface area (Å²) in [6.45, 7) is 4.40. The molecule has 0 spiro atoms. The van der Waals surface area contributed by atoms with E-state index in [2.05, 4.69) is 19.2 Å². The molecule has 1 aliphatic rings. The molecule has 2 nitrogen and oxygen atoms in total. The van der Waals surface area contributed by atoms with Gasteiger partial charge in [0.15, 0.2) is 0 Å². The molecule has 0 amide bonds. The minimum absolute atomic E-state index is 0.133. The molecule has 1 aliphatic carbocycles. The molecule has 1 saturated carbocycles. The lowest BCUT2D eigenvalue weighted by Crippen LogP contribution is -2.49. The zero-order valence-corrected chi connectivity index (χ0v) is 12.3. The average Bonchev–Trinajstić information content (AvgIpc) is 2.75. The van der Waals surface area contributed by atoms with E-state index in [-0.39, 0.29) is 18.0 Å². The van der Waals surface area contributed by atoms with Crippen LogP contribution in [-0.2, 0) is 0 Å². The van der Waals surface area contributed by atoms with E-state index in [0.717, 1.165) is 24.2 Å². The van der Waals surface area contributed by atoms with E-state index in [1.807, 2.05) is 12.1 Å². The summed E-state index contributed by atoms with van der Waals surface area (Å²) in [5.41, 5.74) is -0.133. The lowest BCUT2D eigenvalue weighted by molar-refractivity contribution is 0.156. The molecule has 1 aromatic carbocycles. The second-order valence-electron chi connectivity index (χ2n) is 5.67. The van der Waals surface area contributed by atoms with E-state index >= 15 is 0 Å². The van der Waals surface area contributed by atoms with Crippen LogP contribution in [0.25, 0.3) is 0 Å². The van der Waals surface area contributed by atoms with Gasteiger partial charge in [-0.05, 0) is 43.5 Å². The highest BCUT2D eigenvalue weighted by atomic mass is 32.2. The van der Waals surface area contributed by atoms with Gasteiger partial charge in [0, 0.05) is 21.7 Å². The van der Waals surface area contributed by atoms with Crippen LogP contribution in [0.3, 0.4) is 0 Å². The lowest BCUT2D eigenvalue weighted by atomic mass is 9.98. The molecular formula is C15H22FNOS. The van der Waals surface area contributed by atoms with E-state index in [1.165, 1.54) is 12.1 Å². The molecule has 106 valence electrons. The lowest BCUT2D eigenvalue weighted by Gasteiger charge is -2.31. The molecule has 1 aromatic rings. The van der Waals surface area contributed by atoms with Crippen molar-refractivity contribution >= 4 is 11.8 Å². The van der Waals surface area contributed by atoms with Crippen molar-refractivity contribution in [2.24, 2.45) is 0 Å². The molecule has 2 rings (SSSR count). The second-order valence-corrected chi connectivity index (χ2v) is 7.05. The molecule has 2 atom stereocenters. The molecule has 2 unspecified atom stereocenters. The van der Waals surface area contributed by atoms with Gasteiger partial charge in [0.1, 0.15) is 5.82 Å². The van der Waals surface area contributed by atoms with Crippen molar-refractivity contribution < 1.29 is 9.50 Å². The molecule has 0 saturated heterocycles. The number of nitrogens with one attached hydrogen (secondary N) is 1. The van der Waals surface area contributed by atoms with Gasteiger partial charge in [0.2, 0.25) is 0 Å². The Labute approximate surface area is 118 Å². The maximum atomic E-state index is 12.9. The molecule has 0 aromatic heterocycles. The number of benzene rings is 1. The van der Waals surface area contributed by atoms with Crippen LogP contribution in [0.1, 0.15) is 33.1 Å². The predicted molar refractivity (Wildman–Crippen MR) is 78.0 cm³/mol. The zero-order valence-electron chi connectivity index (χ0n) is 11.5. The highest BCUT2D eigenvalue weighted by molar-refractivity contribution is 8.00. The Balaban J connectivity index is 1.95. The van der Waals surface area contributed by atoms with Crippen LogP contribution in [0, 0.1) is 5.82 Å². The van der Waals surface area contributed by atoms with Gasteiger partial charge < -0.3 is 10.4 Å². The Hall–Kier alpha value is -0.580. The van der Waals surface area contributed by atoms with E-state index < -0.39 is 0 Å². The summed E-state index contributed by atoms with van der Waals surface area (Å²) < 4.78 is 12.9. The topological polar surface area (TPSA) is 32.3 Å². The number of hydrogen-bond acceptors (Lipinski definition) is 3. The maximum absolute atomic E-state index is 12.9. The fourth-order valence-corrected chi connectivity index (χ4v) is 4.13. The molecule has 19 heavy (non-hydrogen) atoms. The van der Waals surface area contributed by atoms with Gasteiger partial charge in [-0.15, -0.1) is 11.8 Å². The van der Waals surface area contributed by atoms with Gasteiger partial charge in [-0.3, -0.25) is 0 Å². The van der Waals surface area contributed by atoms with Crippen LogP contribution in [0.4, 0.5) is 4.39 Å². The van der Waals surface area contributed by atoms with Gasteiger partial charge >= 0.3 is 0 Å². The van der Waals surface area contributed by atoms with Gasteiger partial charge in [-0.1, -0.05) is 13.8 Å². The van der Waals surface area contributed by atoms with Crippen LogP contribution in [0.5, 0.6) is 0 Å². The number of aliphatic hydroxyl groups is 1. The monoisotopic (exact) mass is 283 g/mol. The Kier molecular flexibility index (Phi) is 4.87. The van der Waals surface area contributed by atoms with Crippen LogP contribution in [-0.4, -0.2) is 28.5 Å². The first kappa shape index (κ1) is 14.8. The summed E-state index contributed by atoms with van der Waals surface area (Å²) >= 11 is 1.79. The number of hydrogen-bond donors (Lipinski definition) is 2. The summed E-state index contributed by atoms with van der Waals surface area (Å²) in [7, 11) is 0. The van der Waals surface area contributed by atoms with Crippen LogP contribution >= 0.6 is 11.8 Å². The maximum Gasteiger partial charge on any atom is 0.123 e. The summed E-state index contributed by atoms with van der Waals surface area (Å²) in [6, 6.07) is 7.04. The molecule has 4 heteroatoms. The largest absolute Gasteiger partial charge is 0.394 e. The minimum atomic E-state index is -0.193. The van der Waals surface area contributed by atoms with Gasteiger partial charge in [-0.25, -0.2) is 4.39 Å².